The van der Waals surface area contributed by atoms with Crippen LogP contribution in [0.1, 0.15) is 43.0 Å². The average molecular weight is 501 g/mol. The number of pyridine rings is 1. The molecule has 0 unspecified atom stereocenters. The highest BCUT2D eigenvalue weighted by molar-refractivity contribution is 6.34. The van der Waals surface area contributed by atoms with Crippen molar-refractivity contribution in [2.75, 3.05) is 6.54 Å². The fourth-order valence-corrected chi connectivity index (χ4v) is 4.28. The van der Waals surface area contributed by atoms with Crippen LogP contribution in [-0.4, -0.2) is 21.8 Å². The Morgan fingerprint density at radius 3 is 2.18 bits per heavy atom. The molecule has 0 aliphatic heterocycles. The lowest BCUT2D eigenvalue weighted by molar-refractivity contribution is 0.0952. The van der Waals surface area contributed by atoms with Gasteiger partial charge in [0.05, 0.1) is 22.0 Å². The van der Waals surface area contributed by atoms with Crippen molar-refractivity contribution in [1.82, 2.24) is 14.7 Å². The van der Waals surface area contributed by atoms with Gasteiger partial charge in [0.25, 0.3) is 5.91 Å². The van der Waals surface area contributed by atoms with Gasteiger partial charge in [-0.1, -0.05) is 85.3 Å². The third-order valence-electron chi connectivity index (χ3n) is 5.49. The number of unbranched alkanes of at least 4 members (excludes halogenated alkanes) is 3. The number of fused-ring (bicyclic) bond motifs is 1. The van der Waals surface area contributed by atoms with E-state index in [1.807, 2.05) is 52.9 Å². The highest BCUT2D eigenvalue weighted by Gasteiger charge is 2.20. The minimum Gasteiger partial charge on any atom is -0.352 e. The number of halogens is 3. The predicted octanol–water partition coefficient (Wildman–Crippen LogP) is 7.94. The molecule has 2 heterocycles. The van der Waals surface area contributed by atoms with Gasteiger partial charge in [-0.15, -0.1) is 0 Å². The Kier molecular flexibility index (Phi) is 7.59. The van der Waals surface area contributed by atoms with Crippen LogP contribution >= 0.6 is 34.8 Å². The van der Waals surface area contributed by atoms with E-state index in [9.17, 15) is 4.79 Å². The van der Waals surface area contributed by atoms with Gasteiger partial charge < -0.3 is 5.32 Å². The molecular weight excluding hydrogens is 477 g/mol. The fourth-order valence-electron chi connectivity index (χ4n) is 3.78. The summed E-state index contributed by atoms with van der Waals surface area (Å²) in [6, 6.07) is 16.7. The molecular formula is C26H24Cl3N3O. The zero-order chi connectivity index (χ0) is 23.4. The van der Waals surface area contributed by atoms with Gasteiger partial charge in [-0.2, -0.15) is 0 Å². The van der Waals surface area contributed by atoms with E-state index >= 15 is 0 Å². The molecule has 170 valence electrons. The minimum atomic E-state index is -0.154. The van der Waals surface area contributed by atoms with E-state index in [2.05, 4.69) is 12.2 Å². The first kappa shape index (κ1) is 23.6. The first-order valence-electron chi connectivity index (χ1n) is 11.0. The van der Waals surface area contributed by atoms with E-state index in [0.717, 1.165) is 41.8 Å². The summed E-state index contributed by atoms with van der Waals surface area (Å²) < 4.78 is 1.88. The van der Waals surface area contributed by atoms with Gasteiger partial charge in [0.2, 0.25) is 0 Å². The van der Waals surface area contributed by atoms with Crippen LogP contribution in [0.15, 0.2) is 60.8 Å². The largest absolute Gasteiger partial charge is 0.352 e. The third kappa shape index (κ3) is 5.35. The maximum Gasteiger partial charge on any atom is 0.252 e. The Hall–Kier alpha value is -2.53. The lowest BCUT2D eigenvalue weighted by atomic mass is 10.0. The van der Waals surface area contributed by atoms with Crippen LogP contribution in [0.25, 0.3) is 28.2 Å². The molecule has 0 fully saturated rings. The molecule has 0 spiro atoms. The number of aromatic nitrogens is 2. The number of imidazole rings is 1. The molecule has 2 aromatic carbocycles. The molecule has 0 radical (unpaired) electrons. The maximum atomic E-state index is 12.8. The van der Waals surface area contributed by atoms with E-state index in [1.165, 1.54) is 6.42 Å². The highest BCUT2D eigenvalue weighted by atomic mass is 35.5. The molecule has 1 amide bonds. The summed E-state index contributed by atoms with van der Waals surface area (Å²) in [5, 5.41) is 4.69. The minimum absolute atomic E-state index is 0.154. The number of hydrogen-bond donors (Lipinski definition) is 1. The number of carbonyl (C=O) groups excluding carboxylic acids is 1. The van der Waals surface area contributed by atoms with Crippen molar-refractivity contribution >= 4 is 46.4 Å². The smallest absolute Gasteiger partial charge is 0.252 e. The maximum absolute atomic E-state index is 12.8. The molecule has 0 saturated carbocycles. The Morgan fingerprint density at radius 1 is 0.909 bits per heavy atom. The number of amides is 1. The predicted molar refractivity (Wildman–Crippen MR) is 138 cm³/mol. The first-order valence-corrected chi connectivity index (χ1v) is 12.1. The van der Waals surface area contributed by atoms with Crippen LogP contribution in [0.3, 0.4) is 0 Å². The van der Waals surface area contributed by atoms with Crippen molar-refractivity contribution in [2.24, 2.45) is 0 Å². The van der Waals surface area contributed by atoms with Crippen molar-refractivity contribution < 1.29 is 4.79 Å². The van der Waals surface area contributed by atoms with Crippen LogP contribution in [0.2, 0.25) is 15.1 Å². The summed E-state index contributed by atoms with van der Waals surface area (Å²) in [5.74, 6) is -0.154. The van der Waals surface area contributed by atoms with Crippen molar-refractivity contribution in [3.63, 3.8) is 0 Å². The molecule has 7 heteroatoms. The molecule has 0 aliphatic rings. The zero-order valence-electron chi connectivity index (χ0n) is 18.2. The normalized spacial score (nSPS) is 11.2. The highest BCUT2D eigenvalue weighted by Crippen LogP contribution is 2.36. The van der Waals surface area contributed by atoms with Crippen LogP contribution in [0.5, 0.6) is 0 Å². The summed E-state index contributed by atoms with van der Waals surface area (Å²) in [6.45, 7) is 2.80. The molecule has 4 nitrogen and oxygen atoms in total. The number of hydrogen-bond acceptors (Lipinski definition) is 2. The number of carbonyl (C=O) groups is 1. The average Bonchev–Trinajstić information content (AvgIpc) is 3.20. The molecule has 0 bridgehead atoms. The topological polar surface area (TPSA) is 46.4 Å². The summed E-state index contributed by atoms with van der Waals surface area (Å²) >= 11 is 18.8. The van der Waals surface area contributed by atoms with Gasteiger partial charge >= 0.3 is 0 Å². The SMILES string of the molecule is CCCCCCNC(=O)c1cc(Cl)c2nc(-c3ccc(Cl)cc3)c(-c3ccc(Cl)cc3)n2c1. The van der Waals surface area contributed by atoms with Gasteiger partial charge in [0.15, 0.2) is 5.65 Å². The molecule has 4 rings (SSSR count). The van der Waals surface area contributed by atoms with Crippen LogP contribution in [0, 0.1) is 0 Å². The third-order valence-corrected chi connectivity index (χ3v) is 6.27. The summed E-state index contributed by atoms with van der Waals surface area (Å²) in [4.78, 5) is 17.7. The van der Waals surface area contributed by atoms with Gasteiger partial charge in [-0.25, -0.2) is 4.98 Å². The summed E-state index contributed by atoms with van der Waals surface area (Å²) in [7, 11) is 0. The lowest BCUT2D eigenvalue weighted by Crippen LogP contribution is -2.24. The molecule has 0 saturated heterocycles. The van der Waals surface area contributed by atoms with Crippen molar-refractivity contribution in [3.8, 4) is 22.5 Å². The molecule has 0 atom stereocenters. The summed E-state index contributed by atoms with van der Waals surface area (Å²) in [6.07, 6.45) is 6.17. The number of nitrogens with zero attached hydrogens (tertiary/aromatic N) is 2. The van der Waals surface area contributed by atoms with Crippen molar-refractivity contribution in [2.45, 2.75) is 32.6 Å². The second-order valence-electron chi connectivity index (χ2n) is 7.91. The number of nitrogens with one attached hydrogen (secondary N) is 1. The van der Waals surface area contributed by atoms with Crippen LogP contribution in [0.4, 0.5) is 0 Å². The molecule has 0 aliphatic carbocycles. The molecule has 33 heavy (non-hydrogen) atoms. The zero-order valence-corrected chi connectivity index (χ0v) is 20.5. The van der Waals surface area contributed by atoms with E-state index in [0.29, 0.717) is 32.8 Å². The fraction of sp³-hybridized carbons (Fsp3) is 0.231. The van der Waals surface area contributed by atoms with E-state index in [-0.39, 0.29) is 5.91 Å². The molecule has 2 aromatic heterocycles. The second kappa shape index (κ2) is 10.6. The van der Waals surface area contributed by atoms with Crippen molar-refractivity contribution in [3.05, 3.63) is 81.4 Å². The summed E-state index contributed by atoms with van der Waals surface area (Å²) in [5.41, 5.74) is 4.43. The molecule has 4 aromatic rings. The molecule has 1 N–H and O–H groups in total. The monoisotopic (exact) mass is 499 g/mol. The quantitative estimate of drug-likeness (QED) is 0.250. The Bertz CT molecular complexity index is 1260. The van der Waals surface area contributed by atoms with Crippen LogP contribution < -0.4 is 5.32 Å². The van der Waals surface area contributed by atoms with E-state index < -0.39 is 0 Å². The lowest BCUT2D eigenvalue weighted by Gasteiger charge is -2.09. The Morgan fingerprint density at radius 2 is 1.55 bits per heavy atom. The Labute approximate surface area is 208 Å². The van der Waals surface area contributed by atoms with Gasteiger partial charge in [0.1, 0.15) is 0 Å². The van der Waals surface area contributed by atoms with Gasteiger partial charge in [-0.05, 0) is 36.8 Å². The van der Waals surface area contributed by atoms with Crippen LogP contribution in [-0.2, 0) is 0 Å². The van der Waals surface area contributed by atoms with Crippen molar-refractivity contribution in [1.29, 1.82) is 0 Å². The second-order valence-corrected chi connectivity index (χ2v) is 9.19. The van der Waals surface area contributed by atoms with Gasteiger partial charge in [0, 0.05) is 33.9 Å². The Balaban J connectivity index is 1.79. The van der Waals surface area contributed by atoms with Gasteiger partial charge in [-0.3, -0.25) is 9.20 Å². The standard InChI is InChI=1S/C26H24Cl3N3O/c1-2-3-4-5-14-30-26(33)19-15-22(29)25-31-23(17-6-10-20(27)11-7-17)24(32(25)16-19)18-8-12-21(28)13-9-18/h6-13,15-16H,2-5,14H2,1H3,(H,30,33). The first-order chi connectivity index (χ1) is 16.0. The number of rotatable bonds is 8. The van der Waals surface area contributed by atoms with E-state index in [1.54, 1.807) is 12.3 Å². The number of benzene rings is 2. The van der Waals surface area contributed by atoms with E-state index in [4.69, 9.17) is 39.8 Å².